The van der Waals surface area contributed by atoms with E-state index in [0.29, 0.717) is 12.4 Å². The molecule has 4 nitrogen and oxygen atoms in total. The van der Waals surface area contributed by atoms with E-state index in [1.54, 1.807) is 0 Å². The quantitative estimate of drug-likeness (QED) is 0.679. The average Bonchev–Trinajstić information content (AvgIpc) is 3.00. The molecule has 0 amide bonds. The summed E-state index contributed by atoms with van der Waals surface area (Å²) in [6.07, 6.45) is 1.54. The Hall–Kier alpha value is -1.55. The molecule has 4 heteroatoms. The summed E-state index contributed by atoms with van der Waals surface area (Å²) in [5.74, 6) is 0.685. The molecule has 0 aromatic rings. The van der Waals surface area contributed by atoms with Crippen LogP contribution >= 0.6 is 0 Å². The van der Waals surface area contributed by atoms with Crippen LogP contribution in [0.5, 0.6) is 0 Å². The molecule has 1 aliphatic heterocycles. The topological polar surface area (TPSA) is 48.1 Å². The van der Waals surface area contributed by atoms with Gasteiger partial charge in [-0.3, -0.25) is 4.79 Å². The Bertz CT molecular complexity index is 492. The Morgan fingerprint density at radius 3 is 2.53 bits per heavy atom. The fourth-order valence-corrected chi connectivity index (χ4v) is 2.82. The van der Waals surface area contributed by atoms with Gasteiger partial charge in [-0.2, -0.15) is 0 Å². The first-order valence-corrected chi connectivity index (χ1v) is 5.59. The summed E-state index contributed by atoms with van der Waals surface area (Å²) < 4.78 is 16.1. The van der Waals surface area contributed by atoms with Gasteiger partial charge in [0, 0.05) is 11.1 Å². The van der Waals surface area contributed by atoms with Crippen molar-refractivity contribution in [2.45, 2.75) is 18.4 Å². The summed E-state index contributed by atoms with van der Waals surface area (Å²) in [6, 6.07) is 0. The van der Waals surface area contributed by atoms with E-state index in [2.05, 4.69) is 6.58 Å². The average molecular weight is 234 g/mol. The molecule has 1 spiro atoms. The zero-order chi connectivity index (χ0) is 12.2. The molecule has 90 valence electrons. The van der Waals surface area contributed by atoms with Gasteiger partial charge in [0.25, 0.3) is 0 Å². The number of hydrogen-bond donors (Lipinski definition) is 0. The third-order valence-electron chi connectivity index (χ3n) is 3.63. The minimum absolute atomic E-state index is 0.0841. The maximum Gasteiger partial charge on any atom is 0.227 e. The first-order chi connectivity index (χ1) is 8.15. The first-order valence-electron chi connectivity index (χ1n) is 5.59. The molecule has 1 heterocycles. The van der Waals surface area contributed by atoms with E-state index in [-0.39, 0.29) is 11.5 Å². The summed E-state index contributed by atoms with van der Waals surface area (Å²) in [5, 5.41) is 0. The molecule has 17 heavy (non-hydrogen) atoms. The monoisotopic (exact) mass is 234 g/mol. The fourth-order valence-electron chi connectivity index (χ4n) is 2.82. The Kier molecular flexibility index (Phi) is 2.01. The minimum atomic E-state index is -0.586. The summed E-state index contributed by atoms with van der Waals surface area (Å²) >= 11 is 0. The number of epoxide rings is 1. The summed E-state index contributed by atoms with van der Waals surface area (Å²) in [4.78, 5) is 12.3. The highest BCUT2D eigenvalue weighted by atomic mass is 16.6. The van der Waals surface area contributed by atoms with Gasteiger partial charge in [0.15, 0.2) is 11.4 Å². The van der Waals surface area contributed by atoms with Gasteiger partial charge < -0.3 is 14.2 Å². The lowest BCUT2D eigenvalue weighted by Gasteiger charge is -2.25. The number of rotatable bonds is 2. The van der Waals surface area contributed by atoms with Crippen LogP contribution < -0.4 is 0 Å². The molecule has 0 N–H and O–H groups in total. The number of fused-ring (bicyclic) bond motifs is 1. The second-order valence-electron chi connectivity index (χ2n) is 4.47. The molecule has 1 atom stereocenters. The maximum atomic E-state index is 12.3. The highest BCUT2D eigenvalue weighted by Gasteiger charge is 2.61. The Balaban J connectivity index is 2.20. The van der Waals surface area contributed by atoms with Gasteiger partial charge in [-0.25, -0.2) is 0 Å². The predicted molar refractivity (Wildman–Crippen MR) is 60.1 cm³/mol. The highest BCUT2D eigenvalue weighted by molar-refractivity contribution is 6.11. The lowest BCUT2D eigenvalue weighted by atomic mass is 9.85. The number of carbonyl (C=O) groups is 1. The van der Waals surface area contributed by atoms with Gasteiger partial charge in [0.2, 0.25) is 11.5 Å². The molecule has 2 aliphatic carbocycles. The van der Waals surface area contributed by atoms with Crippen LogP contribution in [0.3, 0.4) is 0 Å². The van der Waals surface area contributed by atoms with Crippen molar-refractivity contribution in [1.29, 1.82) is 0 Å². The SMILES string of the molecule is C=C1CCC2=C1C1(CO1)C(OC)=C(OC)C2=O. The van der Waals surface area contributed by atoms with Gasteiger partial charge in [-0.1, -0.05) is 6.58 Å². The van der Waals surface area contributed by atoms with Gasteiger partial charge in [0.05, 0.1) is 20.8 Å². The second kappa shape index (κ2) is 3.23. The second-order valence-corrected chi connectivity index (χ2v) is 4.47. The van der Waals surface area contributed by atoms with Crippen LogP contribution in [0.2, 0.25) is 0 Å². The fraction of sp³-hybridized carbons (Fsp3) is 0.462. The van der Waals surface area contributed by atoms with Crippen LogP contribution in [0.25, 0.3) is 0 Å². The molecular weight excluding hydrogens is 220 g/mol. The van der Waals surface area contributed by atoms with Gasteiger partial charge in [0.1, 0.15) is 0 Å². The standard InChI is InChI=1S/C13H14O4/c1-7-4-5-8-9(7)13(6-17-13)12(16-3)11(15-2)10(8)14/h1,4-6H2,2-3H3. The van der Waals surface area contributed by atoms with Crippen LogP contribution in [-0.2, 0) is 19.0 Å². The molecule has 0 saturated carbocycles. The lowest BCUT2D eigenvalue weighted by molar-refractivity contribution is -0.116. The number of ketones is 1. The van der Waals surface area contributed by atoms with Crippen LogP contribution in [-0.4, -0.2) is 32.2 Å². The van der Waals surface area contributed by atoms with Gasteiger partial charge in [-0.15, -0.1) is 0 Å². The summed E-state index contributed by atoms with van der Waals surface area (Å²) in [6.45, 7) is 4.56. The van der Waals surface area contributed by atoms with Crippen LogP contribution in [0.15, 0.2) is 34.8 Å². The van der Waals surface area contributed by atoms with E-state index in [1.165, 1.54) is 14.2 Å². The molecule has 0 aromatic carbocycles. The zero-order valence-corrected chi connectivity index (χ0v) is 9.96. The van der Waals surface area contributed by atoms with E-state index in [1.807, 2.05) is 0 Å². The van der Waals surface area contributed by atoms with E-state index in [4.69, 9.17) is 14.2 Å². The van der Waals surface area contributed by atoms with Gasteiger partial charge >= 0.3 is 0 Å². The van der Waals surface area contributed by atoms with E-state index < -0.39 is 5.60 Å². The third-order valence-corrected chi connectivity index (χ3v) is 3.63. The van der Waals surface area contributed by atoms with Crippen LogP contribution in [0.4, 0.5) is 0 Å². The molecule has 1 fully saturated rings. The first kappa shape index (κ1) is 10.6. The molecular formula is C13H14O4. The van der Waals surface area contributed by atoms with Crippen molar-refractivity contribution in [3.05, 3.63) is 34.8 Å². The Labute approximate surface area is 99.5 Å². The van der Waals surface area contributed by atoms with Gasteiger partial charge in [-0.05, 0) is 18.4 Å². The lowest BCUT2D eigenvalue weighted by Crippen LogP contribution is -2.30. The number of Topliss-reactive ketones (excluding diaryl/α,β-unsaturated/α-hetero) is 1. The van der Waals surface area contributed by atoms with Crippen molar-refractivity contribution in [2.24, 2.45) is 0 Å². The molecule has 3 aliphatic rings. The van der Waals surface area contributed by atoms with E-state index in [0.717, 1.165) is 29.6 Å². The molecule has 0 aromatic heterocycles. The van der Waals surface area contributed by atoms with Crippen molar-refractivity contribution >= 4 is 5.78 Å². The summed E-state index contributed by atoms with van der Waals surface area (Å²) in [5.41, 5.74) is 2.11. The Morgan fingerprint density at radius 1 is 1.29 bits per heavy atom. The number of methoxy groups -OCH3 is 2. The summed E-state index contributed by atoms with van der Waals surface area (Å²) in [7, 11) is 3.02. The van der Waals surface area contributed by atoms with Crippen molar-refractivity contribution in [3.8, 4) is 0 Å². The van der Waals surface area contributed by atoms with Crippen molar-refractivity contribution < 1.29 is 19.0 Å². The van der Waals surface area contributed by atoms with Crippen molar-refractivity contribution in [3.63, 3.8) is 0 Å². The third kappa shape index (κ3) is 1.13. The van der Waals surface area contributed by atoms with Crippen LogP contribution in [0, 0.1) is 0 Å². The highest BCUT2D eigenvalue weighted by Crippen LogP contribution is 2.54. The normalized spacial score (nSPS) is 31.2. The smallest absolute Gasteiger partial charge is 0.227 e. The molecule has 3 rings (SSSR count). The number of hydrogen-bond acceptors (Lipinski definition) is 4. The largest absolute Gasteiger partial charge is 0.494 e. The van der Waals surface area contributed by atoms with E-state index in [9.17, 15) is 4.79 Å². The predicted octanol–water partition coefficient (Wildman–Crippen LogP) is 1.49. The number of allylic oxidation sites excluding steroid dienone is 1. The zero-order valence-electron chi connectivity index (χ0n) is 9.96. The molecule has 1 unspecified atom stereocenters. The van der Waals surface area contributed by atoms with Crippen molar-refractivity contribution in [2.75, 3.05) is 20.8 Å². The van der Waals surface area contributed by atoms with Crippen molar-refractivity contribution in [1.82, 2.24) is 0 Å². The molecule has 0 bridgehead atoms. The van der Waals surface area contributed by atoms with E-state index >= 15 is 0 Å². The minimum Gasteiger partial charge on any atom is -0.494 e. The van der Waals surface area contributed by atoms with Crippen LogP contribution in [0.1, 0.15) is 12.8 Å². The Morgan fingerprint density at radius 2 is 2.00 bits per heavy atom. The number of ether oxygens (including phenoxy) is 3. The number of carbonyl (C=O) groups excluding carboxylic acids is 1. The molecule has 1 saturated heterocycles. The molecule has 0 radical (unpaired) electrons. The maximum absolute atomic E-state index is 12.3.